The first kappa shape index (κ1) is 18.5. The highest BCUT2D eigenvalue weighted by atomic mass is 35.5. The number of hydrogen-bond acceptors (Lipinski definition) is 3. The smallest absolute Gasteiger partial charge is 0.246 e. The fraction of sp³-hybridized carbons (Fsp3) is 0.500. The van der Waals surface area contributed by atoms with Crippen LogP contribution in [0.3, 0.4) is 0 Å². The Labute approximate surface area is 137 Å². The van der Waals surface area contributed by atoms with E-state index in [9.17, 15) is 4.79 Å². The summed E-state index contributed by atoms with van der Waals surface area (Å²) in [6.07, 6.45) is 1.51. The summed E-state index contributed by atoms with van der Waals surface area (Å²) in [5.74, 6) is 0.377. The molecule has 22 heavy (non-hydrogen) atoms. The third-order valence-corrected chi connectivity index (χ3v) is 3.73. The van der Waals surface area contributed by atoms with Crippen molar-refractivity contribution in [2.45, 2.75) is 52.6 Å². The summed E-state index contributed by atoms with van der Waals surface area (Å²) in [4.78, 5) is 16.9. The summed E-state index contributed by atoms with van der Waals surface area (Å²) in [6, 6.07) is 6.10. The molecular formula is C16H25ClN4O. The van der Waals surface area contributed by atoms with Crippen LogP contribution in [0.2, 0.25) is 0 Å². The SMILES string of the molecule is CCCC(C)(N)C(=O)Nc1nc2cc(C)ccc2n1CC.Cl. The second-order valence-electron chi connectivity index (χ2n) is 5.79. The topological polar surface area (TPSA) is 72.9 Å². The number of hydrogen-bond donors (Lipinski definition) is 2. The maximum absolute atomic E-state index is 12.3. The van der Waals surface area contributed by atoms with Crippen LogP contribution in [0.5, 0.6) is 0 Å². The first-order chi connectivity index (χ1) is 9.89. The van der Waals surface area contributed by atoms with Crippen molar-refractivity contribution < 1.29 is 4.79 Å². The van der Waals surface area contributed by atoms with Crippen molar-refractivity contribution in [1.29, 1.82) is 0 Å². The molecule has 0 bridgehead atoms. The number of fused-ring (bicyclic) bond motifs is 1. The maximum atomic E-state index is 12.3. The standard InChI is InChI=1S/C16H24N4O.ClH/c1-5-9-16(4,17)14(21)19-15-18-12-10-11(3)7-8-13(12)20(15)6-2;/h7-8,10H,5-6,9,17H2,1-4H3,(H,18,19,21);1H. The van der Waals surface area contributed by atoms with Crippen LogP contribution in [-0.4, -0.2) is 21.0 Å². The first-order valence-corrected chi connectivity index (χ1v) is 7.46. The van der Waals surface area contributed by atoms with Gasteiger partial charge in [0.25, 0.3) is 0 Å². The van der Waals surface area contributed by atoms with E-state index in [1.807, 2.05) is 43.5 Å². The zero-order chi connectivity index (χ0) is 15.6. The van der Waals surface area contributed by atoms with Gasteiger partial charge in [-0.2, -0.15) is 0 Å². The van der Waals surface area contributed by atoms with Gasteiger partial charge in [-0.15, -0.1) is 12.4 Å². The molecule has 0 aliphatic heterocycles. The minimum absolute atomic E-state index is 0. The molecule has 2 rings (SSSR count). The van der Waals surface area contributed by atoms with Gasteiger partial charge in [-0.1, -0.05) is 19.4 Å². The highest BCUT2D eigenvalue weighted by Crippen LogP contribution is 2.22. The number of benzene rings is 1. The van der Waals surface area contributed by atoms with Crippen LogP contribution in [0, 0.1) is 6.92 Å². The normalized spacial score (nSPS) is 13.5. The Hall–Kier alpha value is -1.59. The molecule has 0 fully saturated rings. The Morgan fingerprint density at radius 1 is 1.41 bits per heavy atom. The lowest BCUT2D eigenvalue weighted by Gasteiger charge is -2.22. The number of imidazole rings is 1. The van der Waals surface area contributed by atoms with E-state index in [0.29, 0.717) is 12.4 Å². The van der Waals surface area contributed by atoms with E-state index >= 15 is 0 Å². The molecular weight excluding hydrogens is 300 g/mol. The van der Waals surface area contributed by atoms with Gasteiger partial charge in [-0.05, 0) is 44.9 Å². The first-order valence-electron chi connectivity index (χ1n) is 7.46. The van der Waals surface area contributed by atoms with Crippen LogP contribution < -0.4 is 11.1 Å². The summed E-state index contributed by atoms with van der Waals surface area (Å²) < 4.78 is 1.99. The largest absolute Gasteiger partial charge is 0.318 e. The highest BCUT2D eigenvalue weighted by molar-refractivity contribution is 5.97. The number of rotatable bonds is 5. The van der Waals surface area contributed by atoms with Gasteiger partial charge in [0.05, 0.1) is 16.6 Å². The molecule has 0 radical (unpaired) electrons. The number of carbonyl (C=O) groups excluding carboxylic acids is 1. The molecule has 0 saturated carbocycles. The van der Waals surface area contributed by atoms with E-state index in [2.05, 4.69) is 10.3 Å². The lowest BCUT2D eigenvalue weighted by molar-refractivity contribution is -0.120. The van der Waals surface area contributed by atoms with E-state index in [0.717, 1.165) is 29.6 Å². The Morgan fingerprint density at radius 3 is 2.68 bits per heavy atom. The Balaban J connectivity index is 0.00000242. The van der Waals surface area contributed by atoms with Crippen molar-refractivity contribution in [2.75, 3.05) is 5.32 Å². The monoisotopic (exact) mass is 324 g/mol. The molecule has 6 heteroatoms. The predicted molar refractivity (Wildman–Crippen MR) is 93.5 cm³/mol. The molecule has 1 aromatic heterocycles. The minimum Gasteiger partial charge on any atom is -0.318 e. The summed E-state index contributed by atoms with van der Waals surface area (Å²) >= 11 is 0. The number of nitrogens with two attached hydrogens (primary N) is 1. The van der Waals surface area contributed by atoms with Crippen molar-refractivity contribution in [2.24, 2.45) is 5.73 Å². The quantitative estimate of drug-likeness (QED) is 0.886. The van der Waals surface area contributed by atoms with Crippen molar-refractivity contribution in [3.05, 3.63) is 23.8 Å². The van der Waals surface area contributed by atoms with Gasteiger partial charge in [-0.25, -0.2) is 4.98 Å². The van der Waals surface area contributed by atoms with Gasteiger partial charge in [0.1, 0.15) is 0 Å². The maximum Gasteiger partial charge on any atom is 0.246 e. The molecule has 1 amide bonds. The second-order valence-corrected chi connectivity index (χ2v) is 5.79. The fourth-order valence-electron chi connectivity index (χ4n) is 2.53. The number of nitrogens with zero attached hydrogens (tertiary/aromatic N) is 2. The van der Waals surface area contributed by atoms with Crippen molar-refractivity contribution in [3.8, 4) is 0 Å². The van der Waals surface area contributed by atoms with Gasteiger partial charge in [0.2, 0.25) is 11.9 Å². The number of aromatic nitrogens is 2. The molecule has 0 saturated heterocycles. The molecule has 122 valence electrons. The Kier molecular flexibility index (Phi) is 5.97. The summed E-state index contributed by atoms with van der Waals surface area (Å²) in [6.45, 7) is 8.58. The zero-order valence-electron chi connectivity index (χ0n) is 13.6. The molecule has 1 aromatic carbocycles. The molecule has 1 unspecified atom stereocenters. The van der Waals surface area contributed by atoms with Crippen LogP contribution >= 0.6 is 12.4 Å². The van der Waals surface area contributed by atoms with Gasteiger partial charge in [0, 0.05) is 6.54 Å². The second kappa shape index (κ2) is 7.11. The summed E-state index contributed by atoms with van der Waals surface area (Å²) in [5, 5.41) is 2.88. The van der Waals surface area contributed by atoms with E-state index in [4.69, 9.17) is 5.73 Å². The van der Waals surface area contributed by atoms with Gasteiger partial charge >= 0.3 is 0 Å². The number of halogens is 1. The average molecular weight is 325 g/mol. The Morgan fingerprint density at radius 2 is 2.09 bits per heavy atom. The fourth-order valence-corrected chi connectivity index (χ4v) is 2.53. The third kappa shape index (κ3) is 3.59. The lowest BCUT2D eigenvalue weighted by atomic mass is 9.97. The minimum atomic E-state index is -0.874. The van der Waals surface area contributed by atoms with Crippen LogP contribution in [0.1, 0.15) is 39.2 Å². The zero-order valence-corrected chi connectivity index (χ0v) is 14.5. The van der Waals surface area contributed by atoms with Crippen molar-refractivity contribution >= 4 is 35.3 Å². The van der Waals surface area contributed by atoms with E-state index in [-0.39, 0.29) is 18.3 Å². The molecule has 1 atom stereocenters. The molecule has 1 heterocycles. The number of carbonyl (C=O) groups is 1. The van der Waals surface area contributed by atoms with Gasteiger partial charge < -0.3 is 10.3 Å². The van der Waals surface area contributed by atoms with Gasteiger partial charge in [0.15, 0.2) is 0 Å². The van der Waals surface area contributed by atoms with Crippen LogP contribution in [0.25, 0.3) is 11.0 Å². The van der Waals surface area contributed by atoms with Crippen molar-refractivity contribution in [3.63, 3.8) is 0 Å². The molecule has 2 aromatic rings. The number of nitrogens with one attached hydrogen (secondary N) is 1. The van der Waals surface area contributed by atoms with Gasteiger partial charge in [-0.3, -0.25) is 10.1 Å². The molecule has 0 spiro atoms. The van der Waals surface area contributed by atoms with Crippen LogP contribution in [0.4, 0.5) is 5.95 Å². The molecule has 5 nitrogen and oxygen atoms in total. The molecule has 0 aliphatic carbocycles. The van der Waals surface area contributed by atoms with E-state index in [1.54, 1.807) is 6.92 Å². The summed E-state index contributed by atoms with van der Waals surface area (Å²) in [5.41, 5.74) is 8.27. The van der Waals surface area contributed by atoms with E-state index in [1.165, 1.54) is 0 Å². The molecule has 3 N–H and O–H groups in total. The highest BCUT2D eigenvalue weighted by Gasteiger charge is 2.28. The number of amides is 1. The lowest BCUT2D eigenvalue weighted by Crippen LogP contribution is -2.48. The third-order valence-electron chi connectivity index (χ3n) is 3.73. The summed E-state index contributed by atoms with van der Waals surface area (Å²) in [7, 11) is 0. The number of aryl methyl sites for hydroxylation is 2. The average Bonchev–Trinajstić information content (AvgIpc) is 2.74. The van der Waals surface area contributed by atoms with Crippen LogP contribution in [-0.2, 0) is 11.3 Å². The number of anilines is 1. The molecule has 0 aliphatic rings. The predicted octanol–water partition coefficient (Wildman–Crippen LogP) is 3.24. The Bertz CT molecular complexity index is 663. The van der Waals surface area contributed by atoms with Crippen molar-refractivity contribution in [1.82, 2.24) is 9.55 Å². The van der Waals surface area contributed by atoms with Crippen LogP contribution in [0.15, 0.2) is 18.2 Å². The van der Waals surface area contributed by atoms with E-state index < -0.39 is 5.54 Å².